The Bertz CT molecular complexity index is 1240. The summed E-state index contributed by atoms with van der Waals surface area (Å²) in [6.07, 6.45) is 5.62. The third-order valence-electron chi connectivity index (χ3n) is 6.50. The second-order valence-electron chi connectivity index (χ2n) is 8.97. The molecule has 1 saturated carbocycles. The molecule has 0 spiro atoms. The van der Waals surface area contributed by atoms with Gasteiger partial charge in [0.15, 0.2) is 0 Å². The van der Waals surface area contributed by atoms with E-state index in [-0.39, 0.29) is 30.8 Å². The highest BCUT2D eigenvalue weighted by molar-refractivity contribution is 6.31. The van der Waals surface area contributed by atoms with Crippen molar-refractivity contribution in [1.82, 2.24) is 15.2 Å². The van der Waals surface area contributed by atoms with Gasteiger partial charge in [-0.1, -0.05) is 60.7 Å². The maximum atomic E-state index is 13.9. The number of aromatic amines is 1. The fourth-order valence-corrected chi connectivity index (χ4v) is 5.10. The predicted molar refractivity (Wildman–Crippen MR) is 140 cm³/mol. The molecule has 1 heterocycles. The topological polar surface area (TPSA) is 91.5 Å². The van der Waals surface area contributed by atoms with Crippen LogP contribution in [0.25, 0.3) is 10.9 Å². The van der Waals surface area contributed by atoms with Crippen LogP contribution in [-0.4, -0.2) is 40.8 Å². The highest BCUT2D eigenvalue weighted by atomic mass is 35.5. The van der Waals surface area contributed by atoms with Crippen LogP contribution in [0.3, 0.4) is 0 Å². The van der Waals surface area contributed by atoms with Crippen molar-refractivity contribution in [3.05, 3.63) is 69.3 Å². The Morgan fingerprint density at radius 3 is 2.47 bits per heavy atom. The molecule has 0 aliphatic heterocycles. The monoisotopic (exact) mass is 529 g/mol. The van der Waals surface area contributed by atoms with E-state index in [2.05, 4.69) is 10.3 Å². The Morgan fingerprint density at radius 1 is 1.11 bits per heavy atom. The number of fused-ring (bicyclic) bond motifs is 1. The van der Waals surface area contributed by atoms with Crippen LogP contribution < -0.4 is 5.32 Å². The molecule has 2 N–H and O–H groups in total. The molecule has 2 amide bonds. The number of benzene rings is 2. The van der Waals surface area contributed by atoms with Crippen molar-refractivity contribution in [1.29, 1.82) is 0 Å². The first-order valence-electron chi connectivity index (χ1n) is 12.1. The van der Waals surface area contributed by atoms with E-state index in [1.807, 2.05) is 0 Å². The highest BCUT2D eigenvalue weighted by Gasteiger charge is 2.35. The molecule has 3 aromatic rings. The van der Waals surface area contributed by atoms with Gasteiger partial charge in [0.25, 0.3) is 0 Å². The average Bonchev–Trinajstić information content (AvgIpc) is 3.24. The van der Waals surface area contributed by atoms with Crippen molar-refractivity contribution < 1.29 is 19.1 Å². The zero-order chi connectivity index (χ0) is 25.7. The number of nitrogens with one attached hydrogen (secondary N) is 2. The minimum Gasteiger partial charge on any atom is -0.461 e. The molecule has 0 saturated heterocycles. The summed E-state index contributed by atoms with van der Waals surface area (Å²) in [6, 6.07) is 11.1. The number of carbonyl (C=O) groups excluding carboxylic acids is 3. The van der Waals surface area contributed by atoms with Gasteiger partial charge in [-0.15, -0.1) is 0 Å². The van der Waals surface area contributed by atoms with E-state index in [0.29, 0.717) is 32.9 Å². The molecule has 1 fully saturated rings. The number of rotatable bonds is 9. The van der Waals surface area contributed by atoms with Crippen molar-refractivity contribution >= 4 is 52.4 Å². The summed E-state index contributed by atoms with van der Waals surface area (Å²) in [5.74, 6) is -0.947. The van der Waals surface area contributed by atoms with Crippen molar-refractivity contribution in [3.8, 4) is 0 Å². The molecule has 1 aliphatic rings. The van der Waals surface area contributed by atoms with Gasteiger partial charge in [-0.25, -0.2) is 4.79 Å². The Morgan fingerprint density at radius 2 is 1.81 bits per heavy atom. The van der Waals surface area contributed by atoms with Gasteiger partial charge in [-0.05, 0) is 49.6 Å². The normalized spacial score (nSPS) is 14.9. The zero-order valence-corrected chi connectivity index (χ0v) is 21.6. The molecule has 36 heavy (non-hydrogen) atoms. The molecule has 7 nitrogen and oxygen atoms in total. The maximum Gasteiger partial charge on any atom is 0.355 e. The number of hydrogen-bond acceptors (Lipinski definition) is 4. The van der Waals surface area contributed by atoms with Crippen LogP contribution in [-0.2, 0) is 20.9 Å². The van der Waals surface area contributed by atoms with Gasteiger partial charge in [-0.3, -0.25) is 9.59 Å². The van der Waals surface area contributed by atoms with Crippen LogP contribution in [0.1, 0.15) is 66.7 Å². The summed E-state index contributed by atoms with van der Waals surface area (Å²) in [5, 5.41) is 4.80. The van der Waals surface area contributed by atoms with E-state index < -0.39 is 12.0 Å². The summed E-state index contributed by atoms with van der Waals surface area (Å²) in [4.78, 5) is 43.8. The summed E-state index contributed by atoms with van der Waals surface area (Å²) >= 11 is 12.2. The van der Waals surface area contributed by atoms with Crippen LogP contribution in [0.5, 0.6) is 0 Å². The van der Waals surface area contributed by atoms with Gasteiger partial charge in [0.1, 0.15) is 11.7 Å². The Labute approximate surface area is 220 Å². The molecule has 4 rings (SSSR count). The summed E-state index contributed by atoms with van der Waals surface area (Å²) < 4.78 is 5.30. The van der Waals surface area contributed by atoms with Gasteiger partial charge in [0, 0.05) is 39.1 Å². The number of hydrogen-bond donors (Lipinski definition) is 2. The number of halogens is 2. The lowest BCUT2D eigenvalue weighted by Gasteiger charge is -2.31. The van der Waals surface area contributed by atoms with E-state index in [4.69, 9.17) is 27.9 Å². The summed E-state index contributed by atoms with van der Waals surface area (Å²) in [6.45, 7) is 2.02. The number of carbonyl (C=O) groups is 3. The molecule has 0 radical (unpaired) electrons. The van der Waals surface area contributed by atoms with Crippen LogP contribution >= 0.6 is 23.2 Å². The average molecular weight is 530 g/mol. The Balaban J connectivity index is 1.82. The summed E-state index contributed by atoms with van der Waals surface area (Å²) in [7, 11) is 0. The van der Waals surface area contributed by atoms with Crippen LogP contribution in [0.4, 0.5) is 0 Å². The molecule has 9 heteroatoms. The molecular formula is C27H29Cl2N3O4. The first-order chi connectivity index (χ1) is 17.4. The fourth-order valence-electron chi connectivity index (χ4n) is 4.80. The smallest absolute Gasteiger partial charge is 0.355 e. The molecule has 0 bridgehead atoms. The minimum absolute atomic E-state index is 0.0171. The lowest BCUT2D eigenvalue weighted by molar-refractivity contribution is -0.134. The van der Waals surface area contributed by atoms with Gasteiger partial charge in [-0.2, -0.15) is 0 Å². The molecule has 1 atom stereocenters. The SMILES string of the molecule is CCOC(=O)c1[nH]c2cc(Cl)ccc2c1C(C(=O)NC1CCCCC1)N(C=O)Cc1ccc(Cl)cc1. The van der Waals surface area contributed by atoms with Crippen molar-refractivity contribution in [2.45, 2.75) is 57.7 Å². The predicted octanol–water partition coefficient (Wildman–Crippen LogP) is 5.80. The number of nitrogens with zero attached hydrogens (tertiary/aromatic N) is 1. The Kier molecular flexibility index (Phi) is 8.54. The molecular weight excluding hydrogens is 501 g/mol. The molecule has 190 valence electrons. The van der Waals surface area contributed by atoms with Gasteiger partial charge in [0.2, 0.25) is 12.3 Å². The number of esters is 1. The van der Waals surface area contributed by atoms with E-state index in [1.165, 1.54) is 4.90 Å². The van der Waals surface area contributed by atoms with Crippen LogP contribution in [0.2, 0.25) is 10.0 Å². The van der Waals surface area contributed by atoms with Crippen molar-refractivity contribution in [3.63, 3.8) is 0 Å². The zero-order valence-electron chi connectivity index (χ0n) is 20.1. The summed E-state index contributed by atoms with van der Waals surface area (Å²) in [5.41, 5.74) is 1.88. The van der Waals surface area contributed by atoms with E-state index >= 15 is 0 Å². The van der Waals surface area contributed by atoms with Crippen molar-refractivity contribution in [2.75, 3.05) is 6.61 Å². The van der Waals surface area contributed by atoms with E-state index in [1.54, 1.807) is 49.4 Å². The first kappa shape index (κ1) is 26.0. The van der Waals surface area contributed by atoms with E-state index in [9.17, 15) is 14.4 Å². The second kappa shape index (κ2) is 11.8. The third kappa shape index (κ3) is 5.85. The van der Waals surface area contributed by atoms with E-state index in [0.717, 1.165) is 37.7 Å². The first-order valence-corrected chi connectivity index (χ1v) is 12.9. The molecule has 1 unspecified atom stereocenters. The number of aromatic nitrogens is 1. The molecule has 1 aliphatic carbocycles. The lowest BCUT2D eigenvalue weighted by Crippen LogP contribution is -2.45. The third-order valence-corrected chi connectivity index (χ3v) is 6.99. The number of ether oxygens (including phenoxy) is 1. The highest BCUT2D eigenvalue weighted by Crippen LogP contribution is 2.35. The number of amides is 2. The van der Waals surface area contributed by atoms with Crippen LogP contribution in [0, 0.1) is 0 Å². The molecule has 2 aromatic carbocycles. The minimum atomic E-state index is -1.07. The second-order valence-corrected chi connectivity index (χ2v) is 9.85. The van der Waals surface area contributed by atoms with Gasteiger partial charge in [0.05, 0.1) is 6.61 Å². The van der Waals surface area contributed by atoms with Crippen molar-refractivity contribution in [2.24, 2.45) is 0 Å². The van der Waals surface area contributed by atoms with Gasteiger partial charge < -0.3 is 19.9 Å². The fraction of sp³-hybridized carbons (Fsp3) is 0.370. The maximum absolute atomic E-state index is 13.9. The Hall–Kier alpha value is -3.03. The standard InChI is InChI=1S/C27H29Cl2N3O4/c1-2-36-27(35)24-23(21-13-12-19(29)14-22(21)31-24)25(26(34)30-20-6-4-3-5-7-20)32(16-33)15-17-8-10-18(28)11-9-17/h8-14,16,20,25,31H,2-7,15H2,1H3,(H,30,34). The quantitative estimate of drug-likeness (QED) is 0.270. The lowest BCUT2D eigenvalue weighted by atomic mass is 9.94. The largest absolute Gasteiger partial charge is 0.461 e. The van der Waals surface area contributed by atoms with Gasteiger partial charge >= 0.3 is 5.97 Å². The van der Waals surface area contributed by atoms with Crippen LogP contribution in [0.15, 0.2) is 42.5 Å². The molecule has 1 aromatic heterocycles. The number of H-pyrrole nitrogens is 1.